The summed E-state index contributed by atoms with van der Waals surface area (Å²) in [6, 6.07) is 0. The van der Waals surface area contributed by atoms with Crippen LogP contribution < -0.4 is 5.32 Å². The summed E-state index contributed by atoms with van der Waals surface area (Å²) in [5.74, 6) is 1.63. The summed E-state index contributed by atoms with van der Waals surface area (Å²) < 4.78 is 29.3. The van der Waals surface area contributed by atoms with Crippen LogP contribution in [0.1, 0.15) is 30.8 Å². The van der Waals surface area contributed by atoms with Gasteiger partial charge in [-0.25, -0.2) is 18.4 Å². The molecule has 1 saturated heterocycles. The number of rotatable bonds is 5. The molecule has 1 fully saturated rings. The fraction of sp³-hybridized carbons (Fsp3) is 0.667. The van der Waals surface area contributed by atoms with E-state index in [0.717, 1.165) is 21.6 Å². The van der Waals surface area contributed by atoms with E-state index in [-0.39, 0.29) is 17.4 Å². The molecule has 0 saturated carbocycles. The maximum atomic E-state index is 11.6. The van der Waals surface area contributed by atoms with Crippen molar-refractivity contribution in [2.75, 3.05) is 30.5 Å². The van der Waals surface area contributed by atoms with Crippen molar-refractivity contribution >= 4 is 38.2 Å². The maximum Gasteiger partial charge on any atom is 0.151 e. The third kappa shape index (κ3) is 3.59. The van der Waals surface area contributed by atoms with Crippen molar-refractivity contribution in [2.45, 2.75) is 25.9 Å². The van der Waals surface area contributed by atoms with Gasteiger partial charge in [0, 0.05) is 19.6 Å². The van der Waals surface area contributed by atoms with Gasteiger partial charge in [0.2, 0.25) is 0 Å². The number of hydrogen-bond donors (Lipinski definition) is 1. The third-order valence-corrected chi connectivity index (χ3v) is 6.06. The van der Waals surface area contributed by atoms with E-state index in [0.29, 0.717) is 18.9 Å². The minimum atomic E-state index is -2.94. The second-order valence-corrected chi connectivity index (χ2v) is 8.06. The van der Waals surface area contributed by atoms with Gasteiger partial charge in [-0.15, -0.1) is 0 Å². The number of ether oxygens (including phenoxy) is 1. The largest absolute Gasteiger partial charge is 0.378 e. The van der Waals surface area contributed by atoms with E-state index >= 15 is 0 Å². The molecule has 1 unspecified atom stereocenters. The van der Waals surface area contributed by atoms with Crippen molar-refractivity contribution in [3.63, 3.8) is 0 Å². The Bertz CT molecular complexity index is 565. The Morgan fingerprint density at radius 3 is 2.75 bits per heavy atom. The van der Waals surface area contributed by atoms with Crippen molar-refractivity contribution in [3.8, 4) is 0 Å². The molecule has 20 heavy (non-hydrogen) atoms. The van der Waals surface area contributed by atoms with E-state index < -0.39 is 9.84 Å². The first-order chi connectivity index (χ1) is 9.46. The first-order valence-electron chi connectivity index (χ1n) is 6.46. The number of nitrogens with zero attached hydrogens (tertiary/aromatic N) is 2. The number of sulfone groups is 1. The lowest BCUT2D eigenvalue weighted by atomic mass is 10.1. The van der Waals surface area contributed by atoms with E-state index in [2.05, 4.69) is 37.9 Å². The molecule has 8 heteroatoms. The number of methoxy groups -OCH3 is 1. The molecule has 0 aliphatic carbocycles. The molecule has 1 atom stereocenters. The van der Waals surface area contributed by atoms with Crippen LogP contribution in [0.15, 0.2) is 0 Å². The first kappa shape index (κ1) is 15.9. The van der Waals surface area contributed by atoms with Crippen LogP contribution >= 0.6 is 22.6 Å². The molecule has 112 valence electrons. The molecule has 1 aromatic heterocycles. The van der Waals surface area contributed by atoms with Gasteiger partial charge < -0.3 is 10.1 Å². The predicted octanol–water partition coefficient (Wildman–Crippen LogP) is 1.56. The molecule has 2 heterocycles. The number of hydrogen-bond acceptors (Lipinski definition) is 6. The standard InChI is InChI=1S/C12H18IN3O3S/c1-3-14-12-10(13)9(6-19-2)15-11(16-12)8-4-5-20(17,18)7-8/h8H,3-7H2,1-2H3,(H,14,15,16). The smallest absolute Gasteiger partial charge is 0.151 e. The van der Waals surface area contributed by atoms with E-state index in [1.807, 2.05) is 6.92 Å². The van der Waals surface area contributed by atoms with Crippen molar-refractivity contribution in [1.29, 1.82) is 0 Å². The van der Waals surface area contributed by atoms with Crippen LogP contribution in [-0.4, -0.2) is 43.5 Å². The Morgan fingerprint density at radius 2 is 2.20 bits per heavy atom. The third-order valence-electron chi connectivity index (χ3n) is 3.16. The lowest BCUT2D eigenvalue weighted by Gasteiger charge is -2.14. The highest BCUT2D eigenvalue weighted by Gasteiger charge is 2.31. The van der Waals surface area contributed by atoms with Gasteiger partial charge in [-0.2, -0.15) is 0 Å². The molecular formula is C12H18IN3O3S. The van der Waals surface area contributed by atoms with Crippen molar-refractivity contribution in [3.05, 3.63) is 15.1 Å². The van der Waals surface area contributed by atoms with Gasteiger partial charge in [0.25, 0.3) is 0 Å². The first-order valence-corrected chi connectivity index (χ1v) is 9.36. The normalized spacial score (nSPS) is 21.1. The van der Waals surface area contributed by atoms with Gasteiger partial charge >= 0.3 is 0 Å². The zero-order valence-electron chi connectivity index (χ0n) is 11.5. The molecule has 1 aliphatic heterocycles. The number of nitrogens with one attached hydrogen (secondary N) is 1. The van der Waals surface area contributed by atoms with Crippen LogP contribution in [0.25, 0.3) is 0 Å². The molecule has 0 aromatic carbocycles. The van der Waals surface area contributed by atoms with Crippen LogP contribution in [0.3, 0.4) is 0 Å². The molecule has 1 aromatic rings. The number of anilines is 1. The van der Waals surface area contributed by atoms with E-state index in [9.17, 15) is 8.42 Å². The molecule has 0 radical (unpaired) electrons. The van der Waals surface area contributed by atoms with E-state index in [1.165, 1.54) is 0 Å². The summed E-state index contributed by atoms with van der Waals surface area (Å²) in [6.45, 7) is 3.14. The van der Waals surface area contributed by atoms with Gasteiger partial charge in [-0.05, 0) is 35.9 Å². The van der Waals surface area contributed by atoms with Gasteiger partial charge in [-0.3, -0.25) is 0 Å². The quantitative estimate of drug-likeness (QED) is 0.741. The molecule has 6 nitrogen and oxygen atoms in total. The van der Waals surface area contributed by atoms with Gasteiger partial charge in [0.1, 0.15) is 11.6 Å². The summed E-state index contributed by atoms with van der Waals surface area (Å²) in [6.07, 6.45) is 0.598. The molecule has 0 spiro atoms. The average Bonchev–Trinajstić information content (AvgIpc) is 2.75. The minimum Gasteiger partial charge on any atom is -0.378 e. The second-order valence-electron chi connectivity index (χ2n) is 4.75. The monoisotopic (exact) mass is 411 g/mol. The maximum absolute atomic E-state index is 11.6. The summed E-state index contributed by atoms with van der Waals surface area (Å²) in [4.78, 5) is 9.01. The summed E-state index contributed by atoms with van der Waals surface area (Å²) in [5.41, 5.74) is 0.804. The van der Waals surface area contributed by atoms with Crippen LogP contribution in [0.2, 0.25) is 0 Å². The van der Waals surface area contributed by atoms with Crippen LogP contribution in [0.5, 0.6) is 0 Å². The van der Waals surface area contributed by atoms with Crippen molar-refractivity contribution < 1.29 is 13.2 Å². The lowest BCUT2D eigenvalue weighted by Crippen LogP contribution is -2.14. The minimum absolute atomic E-state index is 0.106. The highest BCUT2D eigenvalue weighted by molar-refractivity contribution is 14.1. The fourth-order valence-corrected chi connectivity index (χ4v) is 4.54. The molecule has 0 amide bonds. The Hall–Kier alpha value is -0.480. The van der Waals surface area contributed by atoms with Crippen LogP contribution in [0.4, 0.5) is 5.82 Å². The lowest BCUT2D eigenvalue weighted by molar-refractivity contribution is 0.180. The zero-order valence-corrected chi connectivity index (χ0v) is 14.5. The SMILES string of the molecule is CCNc1nc(C2CCS(=O)(=O)C2)nc(COC)c1I. The zero-order chi connectivity index (χ0) is 14.8. The van der Waals surface area contributed by atoms with E-state index in [4.69, 9.17) is 4.74 Å². The van der Waals surface area contributed by atoms with Crippen LogP contribution in [-0.2, 0) is 21.2 Å². The average molecular weight is 411 g/mol. The Balaban J connectivity index is 2.37. The van der Waals surface area contributed by atoms with Gasteiger partial charge in [0.15, 0.2) is 9.84 Å². The molecule has 0 bridgehead atoms. The molecule has 1 aliphatic rings. The molecular weight excluding hydrogens is 393 g/mol. The number of aromatic nitrogens is 2. The summed E-state index contributed by atoms with van der Waals surface area (Å²) >= 11 is 2.19. The fourth-order valence-electron chi connectivity index (χ4n) is 2.21. The topological polar surface area (TPSA) is 81.2 Å². The van der Waals surface area contributed by atoms with Gasteiger partial charge in [0.05, 0.1) is 27.4 Å². The number of halogens is 1. The Kier molecular flexibility index (Phi) is 5.19. The summed E-state index contributed by atoms with van der Waals surface area (Å²) in [7, 11) is -1.32. The summed E-state index contributed by atoms with van der Waals surface area (Å²) in [5, 5.41) is 3.20. The second kappa shape index (κ2) is 6.52. The molecule has 1 N–H and O–H groups in total. The highest BCUT2D eigenvalue weighted by Crippen LogP contribution is 2.29. The highest BCUT2D eigenvalue weighted by atomic mass is 127. The van der Waals surface area contributed by atoms with Gasteiger partial charge in [-0.1, -0.05) is 0 Å². The van der Waals surface area contributed by atoms with Crippen molar-refractivity contribution in [1.82, 2.24) is 9.97 Å². The Morgan fingerprint density at radius 1 is 1.45 bits per heavy atom. The predicted molar refractivity (Wildman–Crippen MR) is 85.6 cm³/mol. The van der Waals surface area contributed by atoms with E-state index in [1.54, 1.807) is 7.11 Å². The van der Waals surface area contributed by atoms with Crippen molar-refractivity contribution in [2.24, 2.45) is 0 Å². The molecule has 2 rings (SSSR count). The Labute approximate surface area is 132 Å². The van der Waals surface area contributed by atoms with Crippen LogP contribution in [0, 0.1) is 3.57 Å².